The van der Waals surface area contributed by atoms with Gasteiger partial charge < -0.3 is 15.0 Å². The van der Waals surface area contributed by atoms with Gasteiger partial charge in [0, 0.05) is 25.5 Å². The number of benzene rings is 1. The molecule has 3 rings (SSSR count). The van der Waals surface area contributed by atoms with Gasteiger partial charge in [-0.3, -0.25) is 4.79 Å². The average molecular weight is 379 g/mol. The molecule has 0 atom stereocenters. The zero-order valence-corrected chi connectivity index (χ0v) is 16.4. The normalized spacial score (nSPS) is 10.5. The molecule has 0 fully saturated rings. The Balaban J connectivity index is 1.59. The summed E-state index contributed by atoms with van der Waals surface area (Å²) in [6.45, 7) is 6.27. The fraction of sp³-hybridized carbons (Fsp3) is 0.286. The average Bonchev–Trinajstić information content (AvgIpc) is 3.22. The van der Waals surface area contributed by atoms with Crippen LogP contribution < -0.4 is 15.0 Å². The van der Waals surface area contributed by atoms with Crippen LogP contribution in [0.15, 0.2) is 54.9 Å². The molecular formula is C21H25N5O2. The Hall–Kier alpha value is -3.35. The first kappa shape index (κ1) is 19.4. The van der Waals surface area contributed by atoms with Gasteiger partial charge in [-0.1, -0.05) is 0 Å². The van der Waals surface area contributed by atoms with Crippen molar-refractivity contribution in [3.05, 3.63) is 66.1 Å². The largest absolute Gasteiger partial charge is 0.497 e. The van der Waals surface area contributed by atoms with Crippen molar-refractivity contribution in [2.24, 2.45) is 0 Å². The molecule has 0 aliphatic heterocycles. The van der Waals surface area contributed by atoms with Gasteiger partial charge in [0.2, 0.25) is 0 Å². The van der Waals surface area contributed by atoms with E-state index in [9.17, 15) is 4.79 Å². The minimum atomic E-state index is -0.169. The van der Waals surface area contributed by atoms with Crippen molar-refractivity contribution in [3.63, 3.8) is 0 Å². The Morgan fingerprint density at radius 2 is 1.86 bits per heavy atom. The molecule has 0 aliphatic rings. The molecule has 0 bridgehead atoms. The number of nitrogens with zero attached hydrogens (tertiary/aromatic N) is 4. The van der Waals surface area contributed by atoms with Crippen molar-refractivity contribution in [1.82, 2.24) is 20.1 Å². The van der Waals surface area contributed by atoms with E-state index in [0.717, 1.165) is 36.0 Å². The fourth-order valence-electron chi connectivity index (χ4n) is 2.86. The lowest BCUT2D eigenvalue weighted by molar-refractivity contribution is 0.0950. The maximum absolute atomic E-state index is 12.4. The lowest BCUT2D eigenvalue weighted by Gasteiger charge is -2.19. The fourth-order valence-corrected chi connectivity index (χ4v) is 2.86. The summed E-state index contributed by atoms with van der Waals surface area (Å²) in [6.07, 6.45) is 3.47. The number of pyridine rings is 1. The van der Waals surface area contributed by atoms with Crippen LogP contribution in [0.2, 0.25) is 0 Å². The van der Waals surface area contributed by atoms with Crippen molar-refractivity contribution < 1.29 is 9.53 Å². The molecule has 7 nitrogen and oxygen atoms in total. The van der Waals surface area contributed by atoms with Crippen molar-refractivity contribution >= 4 is 11.7 Å². The number of rotatable bonds is 8. The third-order valence-electron chi connectivity index (χ3n) is 4.51. The maximum atomic E-state index is 12.4. The Kier molecular flexibility index (Phi) is 6.26. The minimum absolute atomic E-state index is 0.169. The minimum Gasteiger partial charge on any atom is -0.497 e. The number of carbonyl (C=O) groups excluding carboxylic acids is 1. The molecule has 1 amide bonds. The summed E-state index contributed by atoms with van der Waals surface area (Å²) >= 11 is 0. The summed E-state index contributed by atoms with van der Waals surface area (Å²) in [5.74, 6) is 1.50. The van der Waals surface area contributed by atoms with Gasteiger partial charge in [0.05, 0.1) is 30.6 Å². The van der Waals surface area contributed by atoms with Gasteiger partial charge in [0.1, 0.15) is 11.6 Å². The molecule has 0 unspecified atom stereocenters. The van der Waals surface area contributed by atoms with E-state index in [1.165, 1.54) is 0 Å². The van der Waals surface area contributed by atoms with Gasteiger partial charge in [-0.15, -0.1) is 0 Å². The van der Waals surface area contributed by atoms with Crippen LogP contribution in [0.3, 0.4) is 0 Å². The summed E-state index contributed by atoms with van der Waals surface area (Å²) < 4.78 is 6.93. The standard InChI is InChI=1S/C21H25N5O2/c1-4-25(5-2)20-11-6-16(14-22-20)21(27)23-15-17-12-13-26(24-17)18-7-9-19(28-3)10-8-18/h6-14H,4-5,15H2,1-3H3,(H,23,27). The maximum Gasteiger partial charge on any atom is 0.253 e. The Labute approximate surface area is 165 Å². The first-order valence-corrected chi connectivity index (χ1v) is 9.32. The molecule has 1 aromatic carbocycles. The number of aromatic nitrogens is 3. The van der Waals surface area contributed by atoms with Gasteiger partial charge in [-0.2, -0.15) is 5.10 Å². The van der Waals surface area contributed by atoms with E-state index in [1.807, 2.05) is 42.6 Å². The van der Waals surface area contributed by atoms with Gasteiger partial charge >= 0.3 is 0 Å². The second kappa shape index (κ2) is 9.03. The highest BCUT2D eigenvalue weighted by Gasteiger charge is 2.09. The third kappa shape index (κ3) is 4.49. The van der Waals surface area contributed by atoms with Crippen LogP contribution in [0, 0.1) is 0 Å². The molecule has 146 valence electrons. The Morgan fingerprint density at radius 1 is 1.11 bits per heavy atom. The molecule has 28 heavy (non-hydrogen) atoms. The van der Waals surface area contributed by atoms with Gasteiger partial charge in [0.25, 0.3) is 5.91 Å². The number of anilines is 1. The van der Waals surface area contributed by atoms with Gasteiger partial charge in [-0.25, -0.2) is 9.67 Å². The van der Waals surface area contributed by atoms with Crippen LogP contribution in [0.4, 0.5) is 5.82 Å². The van der Waals surface area contributed by atoms with Crippen molar-refractivity contribution in [2.75, 3.05) is 25.1 Å². The highest BCUT2D eigenvalue weighted by molar-refractivity contribution is 5.93. The molecule has 1 N–H and O–H groups in total. The molecular weight excluding hydrogens is 354 g/mol. The van der Waals surface area contributed by atoms with E-state index in [4.69, 9.17) is 4.74 Å². The lowest BCUT2D eigenvalue weighted by atomic mass is 10.2. The van der Waals surface area contributed by atoms with E-state index < -0.39 is 0 Å². The summed E-state index contributed by atoms with van der Waals surface area (Å²) in [6, 6.07) is 13.2. The highest BCUT2D eigenvalue weighted by Crippen LogP contribution is 2.15. The third-order valence-corrected chi connectivity index (χ3v) is 4.51. The topological polar surface area (TPSA) is 72.3 Å². The van der Waals surface area contributed by atoms with Crippen LogP contribution in [-0.4, -0.2) is 40.9 Å². The van der Waals surface area contributed by atoms with E-state index in [0.29, 0.717) is 12.1 Å². The van der Waals surface area contributed by atoms with Crippen molar-refractivity contribution in [1.29, 1.82) is 0 Å². The highest BCUT2D eigenvalue weighted by atomic mass is 16.5. The Morgan fingerprint density at radius 3 is 2.46 bits per heavy atom. The summed E-state index contributed by atoms with van der Waals surface area (Å²) in [5.41, 5.74) is 2.23. The van der Waals surface area contributed by atoms with Gasteiger partial charge in [0.15, 0.2) is 0 Å². The van der Waals surface area contributed by atoms with E-state index >= 15 is 0 Å². The summed E-state index contributed by atoms with van der Waals surface area (Å²) in [7, 11) is 1.64. The zero-order chi connectivity index (χ0) is 19.9. The summed E-state index contributed by atoms with van der Waals surface area (Å²) in [5, 5.41) is 7.39. The number of ether oxygens (including phenoxy) is 1. The smallest absolute Gasteiger partial charge is 0.253 e. The molecule has 0 radical (unpaired) electrons. The van der Waals surface area contributed by atoms with E-state index in [-0.39, 0.29) is 5.91 Å². The molecule has 2 aromatic heterocycles. The number of amides is 1. The Bertz CT molecular complexity index is 899. The van der Waals surface area contributed by atoms with E-state index in [1.54, 1.807) is 24.1 Å². The van der Waals surface area contributed by atoms with Crippen LogP contribution in [0.1, 0.15) is 29.9 Å². The van der Waals surface area contributed by atoms with Crippen LogP contribution >= 0.6 is 0 Å². The first-order valence-electron chi connectivity index (χ1n) is 9.32. The number of methoxy groups -OCH3 is 1. The second-order valence-corrected chi connectivity index (χ2v) is 6.21. The molecule has 0 spiro atoms. The quantitative estimate of drug-likeness (QED) is 0.651. The van der Waals surface area contributed by atoms with Crippen LogP contribution in [0.25, 0.3) is 5.69 Å². The predicted molar refractivity (Wildman–Crippen MR) is 109 cm³/mol. The number of carbonyl (C=O) groups is 1. The number of hydrogen-bond acceptors (Lipinski definition) is 5. The zero-order valence-electron chi connectivity index (χ0n) is 16.4. The molecule has 7 heteroatoms. The summed E-state index contributed by atoms with van der Waals surface area (Å²) in [4.78, 5) is 18.9. The molecule has 3 aromatic rings. The predicted octanol–water partition coefficient (Wildman–Crippen LogP) is 3.05. The molecule has 0 aliphatic carbocycles. The van der Waals surface area contributed by atoms with Crippen LogP contribution in [-0.2, 0) is 6.54 Å². The van der Waals surface area contributed by atoms with E-state index in [2.05, 4.69) is 34.1 Å². The van der Waals surface area contributed by atoms with Crippen molar-refractivity contribution in [3.8, 4) is 11.4 Å². The lowest BCUT2D eigenvalue weighted by Crippen LogP contribution is -2.25. The molecule has 0 saturated carbocycles. The first-order chi connectivity index (χ1) is 13.6. The molecule has 0 saturated heterocycles. The second-order valence-electron chi connectivity index (χ2n) is 6.21. The number of hydrogen-bond donors (Lipinski definition) is 1. The monoisotopic (exact) mass is 379 g/mol. The van der Waals surface area contributed by atoms with Crippen molar-refractivity contribution in [2.45, 2.75) is 20.4 Å². The molecule has 2 heterocycles. The van der Waals surface area contributed by atoms with Gasteiger partial charge in [-0.05, 0) is 56.3 Å². The van der Waals surface area contributed by atoms with Crippen LogP contribution in [0.5, 0.6) is 5.75 Å². The number of nitrogens with one attached hydrogen (secondary N) is 1. The SMILES string of the molecule is CCN(CC)c1ccc(C(=O)NCc2ccn(-c3ccc(OC)cc3)n2)cn1.